The van der Waals surface area contributed by atoms with Gasteiger partial charge in [-0.3, -0.25) is 9.59 Å². The lowest BCUT2D eigenvalue weighted by atomic mass is 10.2. The van der Waals surface area contributed by atoms with Gasteiger partial charge in [-0.2, -0.15) is 0 Å². The summed E-state index contributed by atoms with van der Waals surface area (Å²) in [5.41, 5.74) is 0. The van der Waals surface area contributed by atoms with Gasteiger partial charge in [0.05, 0.1) is 39.3 Å². The average molecular weight is 284 g/mol. The molecule has 9 nitrogen and oxygen atoms in total. The molecule has 2 atom stereocenters. The van der Waals surface area contributed by atoms with Crippen molar-refractivity contribution >= 4 is 11.9 Å². The number of carboxylic acid groups (broad SMARTS) is 2. The molecule has 0 aliphatic carbocycles. The predicted octanol–water partition coefficient (Wildman–Crippen LogP) is -2.35. The first kappa shape index (κ1) is 20.1. The number of hydrogen-bond acceptors (Lipinski definition) is 7. The maximum Gasteiger partial charge on any atom is 0.303 e. The summed E-state index contributed by atoms with van der Waals surface area (Å²) in [4.78, 5) is 19.3. The van der Waals surface area contributed by atoms with Crippen LogP contribution in [0.5, 0.6) is 0 Å². The van der Waals surface area contributed by atoms with E-state index in [2.05, 4.69) is 0 Å². The van der Waals surface area contributed by atoms with Gasteiger partial charge in [0.25, 0.3) is 0 Å². The third kappa shape index (κ3) is 14.7. The summed E-state index contributed by atoms with van der Waals surface area (Å²) < 4.78 is 4.78. The first-order valence-corrected chi connectivity index (χ1v) is 5.44. The van der Waals surface area contributed by atoms with E-state index >= 15 is 0 Å². The number of ether oxygens (including phenoxy) is 1. The lowest BCUT2D eigenvalue weighted by Gasteiger charge is -2.18. The van der Waals surface area contributed by atoms with Crippen LogP contribution < -0.4 is 0 Å². The fraction of sp³-hybridized carbons (Fsp3) is 0.800. The summed E-state index contributed by atoms with van der Waals surface area (Å²) in [6.07, 6.45) is -2.50. The van der Waals surface area contributed by atoms with Gasteiger partial charge >= 0.3 is 11.9 Å². The van der Waals surface area contributed by atoms with E-state index in [1.165, 1.54) is 0 Å². The van der Waals surface area contributed by atoms with E-state index in [0.717, 1.165) is 0 Å². The molecule has 0 bridgehead atoms. The lowest BCUT2D eigenvalue weighted by molar-refractivity contribution is -0.143. The van der Waals surface area contributed by atoms with Crippen LogP contribution in [-0.2, 0) is 14.3 Å². The standard InChI is InChI=1S/C6H14O5.C4H6O4/c7-1-2-11-6(4-9)5(10)3-8;5-3(6)1-2-4(7)8/h5-10H,1-4H2;1-2H2,(H,5,6)(H,7,8). The summed E-state index contributed by atoms with van der Waals surface area (Å²) in [5.74, 6) is -2.15. The molecule has 0 aromatic rings. The summed E-state index contributed by atoms with van der Waals surface area (Å²) in [7, 11) is 0. The van der Waals surface area contributed by atoms with Crippen molar-refractivity contribution in [1.29, 1.82) is 0 Å². The minimum Gasteiger partial charge on any atom is -0.481 e. The zero-order valence-electron chi connectivity index (χ0n) is 10.3. The lowest BCUT2D eigenvalue weighted by Crippen LogP contribution is -2.35. The highest BCUT2D eigenvalue weighted by atomic mass is 16.5. The fourth-order valence-electron chi connectivity index (χ4n) is 0.821. The number of aliphatic carboxylic acids is 2. The molecule has 114 valence electrons. The number of aliphatic hydroxyl groups is 4. The van der Waals surface area contributed by atoms with Gasteiger partial charge in [0.2, 0.25) is 0 Å². The highest BCUT2D eigenvalue weighted by Gasteiger charge is 2.17. The topological polar surface area (TPSA) is 165 Å². The zero-order valence-corrected chi connectivity index (χ0v) is 10.3. The largest absolute Gasteiger partial charge is 0.481 e. The summed E-state index contributed by atoms with van der Waals surface area (Å²) >= 11 is 0. The molecule has 0 aliphatic heterocycles. The molecule has 19 heavy (non-hydrogen) atoms. The van der Waals surface area contributed by atoms with Crippen LogP contribution in [0, 0.1) is 0 Å². The van der Waals surface area contributed by atoms with Crippen LogP contribution in [-0.4, -0.2) is 81.2 Å². The Kier molecular flexibility index (Phi) is 13.9. The quantitative estimate of drug-likeness (QED) is 0.272. The molecule has 0 aromatic carbocycles. The predicted molar refractivity (Wildman–Crippen MR) is 61.5 cm³/mol. The Morgan fingerprint density at radius 3 is 1.68 bits per heavy atom. The second-order valence-electron chi connectivity index (χ2n) is 3.35. The smallest absolute Gasteiger partial charge is 0.303 e. The van der Waals surface area contributed by atoms with Crippen molar-refractivity contribution in [2.45, 2.75) is 25.0 Å². The highest BCUT2D eigenvalue weighted by molar-refractivity contribution is 5.75. The molecule has 0 saturated carbocycles. The van der Waals surface area contributed by atoms with E-state index in [4.69, 9.17) is 35.4 Å². The highest BCUT2D eigenvalue weighted by Crippen LogP contribution is 1.97. The molecule has 0 aromatic heterocycles. The third-order valence-corrected chi connectivity index (χ3v) is 1.77. The Balaban J connectivity index is 0. The van der Waals surface area contributed by atoms with Gasteiger partial charge in [0, 0.05) is 0 Å². The Morgan fingerprint density at radius 2 is 1.42 bits per heavy atom. The van der Waals surface area contributed by atoms with E-state index in [0.29, 0.717) is 0 Å². The van der Waals surface area contributed by atoms with Gasteiger partial charge < -0.3 is 35.4 Å². The molecule has 0 radical (unpaired) electrons. The molecule has 2 unspecified atom stereocenters. The molecular formula is C10H20O9. The SMILES string of the molecule is O=C(O)CCC(=O)O.OCCOC(CO)C(O)CO. The van der Waals surface area contributed by atoms with E-state index in [1.807, 2.05) is 0 Å². The molecule has 0 amide bonds. The van der Waals surface area contributed by atoms with Crippen molar-refractivity contribution < 1.29 is 45.0 Å². The van der Waals surface area contributed by atoms with Crippen molar-refractivity contribution in [3.8, 4) is 0 Å². The maximum absolute atomic E-state index is 9.64. The van der Waals surface area contributed by atoms with Gasteiger partial charge in [-0.05, 0) is 0 Å². The summed E-state index contributed by atoms with van der Waals surface area (Å²) in [6, 6.07) is 0. The van der Waals surface area contributed by atoms with Crippen LogP contribution in [0.15, 0.2) is 0 Å². The Morgan fingerprint density at radius 1 is 0.947 bits per heavy atom. The van der Waals surface area contributed by atoms with Gasteiger partial charge in [0.1, 0.15) is 12.2 Å². The number of carboxylic acids is 2. The molecule has 0 aliphatic rings. The average Bonchev–Trinajstić information content (AvgIpc) is 2.37. The van der Waals surface area contributed by atoms with Gasteiger partial charge in [-0.15, -0.1) is 0 Å². The van der Waals surface area contributed by atoms with Gasteiger partial charge in [-0.25, -0.2) is 0 Å². The van der Waals surface area contributed by atoms with Crippen molar-refractivity contribution in [1.82, 2.24) is 0 Å². The van der Waals surface area contributed by atoms with Crippen LogP contribution >= 0.6 is 0 Å². The van der Waals surface area contributed by atoms with E-state index in [9.17, 15) is 9.59 Å². The number of aliphatic hydroxyl groups excluding tert-OH is 4. The second-order valence-corrected chi connectivity index (χ2v) is 3.35. The molecule has 9 heteroatoms. The second kappa shape index (κ2) is 13.2. The monoisotopic (exact) mass is 284 g/mol. The molecule has 0 saturated heterocycles. The summed E-state index contributed by atoms with van der Waals surface area (Å²) in [5, 5.41) is 50.0. The van der Waals surface area contributed by atoms with Crippen molar-refractivity contribution in [3.05, 3.63) is 0 Å². The summed E-state index contributed by atoms with van der Waals surface area (Å²) in [6.45, 7) is -0.963. The van der Waals surface area contributed by atoms with Crippen LogP contribution in [0.1, 0.15) is 12.8 Å². The van der Waals surface area contributed by atoms with Gasteiger partial charge in [0.15, 0.2) is 0 Å². The maximum atomic E-state index is 9.64. The van der Waals surface area contributed by atoms with Crippen molar-refractivity contribution in [2.75, 3.05) is 26.4 Å². The van der Waals surface area contributed by atoms with Crippen molar-refractivity contribution in [2.24, 2.45) is 0 Å². The Labute approximate surface area is 109 Å². The molecule has 0 heterocycles. The van der Waals surface area contributed by atoms with Crippen LogP contribution in [0.2, 0.25) is 0 Å². The van der Waals surface area contributed by atoms with Crippen LogP contribution in [0.25, 0.3) is 0 Å². The van der Waals surface area contributed by atoms with E-state index in [-0.39, 0.29) is 32.7 Å². The molecular weight excluding hydrogens is 264 g/mol. The number of rotatable bonds is 9. The third-order valence-electron chi connectivity index (χ3n) is 1.77. The fourth-order valence-corrected chi connectivity index (χ4v) is 0.821. The number of hydrogen-bond donors (Lipinski definition) is 6. The van der Waals surface area contributed by atoms with Crippen LogP contribution in [0.3, 0.4) is 0 Å². The first-order chi connectivity index (χ1) is 8.88. The van der Waals surface area contributed by atoms with Gasteiger partial charge in [-0.1, -0.05) is 0 Å². The van der Waals surface area contributed by atoms with Crippen molar-refractivity contribution in [3.63, 3.8) is 0 Å². The molecule has 6 N–H and O–H groups in total. The first-order valence-electron chi connectivity index (χ1n) is 5.44. The Hall–Kier alpha value is -1.26. The van der Waals surface area contributed by atoms with E-state index in [1.54, 1.807) is 0 Å². The molecule has 0 fully saturated rings. The Bertz CT molecular complexity index is 229. The minimum absolute atomic E-state index is 0.0439. The van der Waals surface area contributed by atoms with E-state index < -0.39 is 30.8 Å². The van der Waals surface area contributed by atoms with Crippen LogP contribution in [0.4, 0.5) is 0 Å². The zero-order chi connectivity index (χ0) is 15.3. The molecule has 0 spiro atoms. The number of carbonyl (C=O) groups is 2. The molecule has 0 rings (SSSR count). The normalized spacial score (nSPS) is 13.1. The minimum atomic E-state index is -1.09.